The van der Waals surface area contributed by atoms with Gasteiger partial charge in [-0.1, -0.05) is 38.2 Å². The summed E-state index contributed by atoms with van der Waals surface area (Å²) in [6.45, 7) is 9.19. The molecule has 1 heterocycles. The maximum atomic E-state index is 3.32. The first-order chi connectivity index (χ1) is 6.38. The molecule has 0 aromatic rings. The first-order valence-electron chi connectivity index (χ1n) is 5.11. The van der Waals surface area contributed by atoms with Crippen LogP contribution in [-0.2, 0) is 0 Å². The van der Waals surface area contributed by atoms with Crippen LogP contribution in [0.4, 0.5) is 0 Å². The van der Waals surface area contributed by atoms with Gasteiger partial charge in [-0.05, 0) is 25.8 Å². The van der Waals surface area contributed by atoms with Crippen molar-refractivity contribution in [2.45, 2.75) is 34.1 Å². The molecular weight excluding hydrogens is 158 g/mol. The molecule has 0 aromatic heterocycles. The Hall–Kier alpha value is -0.980. The van der Waals surface area contributed by atoms with E-state index in [-0.39, 0.29) is 0 Å². The van der Waals surface area contributed by atoms with Crippen LogP contribution in [0, 0.1) is 0 Å². The summed E-state index contributed by atoms with van der Waals surface area (Å²) in [5.74, 6) is 0. The van der Waals surface area contributed by atoms with E-state index in [0.717, 1.165) is 13.0 Å². The molecule has 13 heavy (non-hydrogen) atoms. The van der Waals surface area contributed by atoms with Gasteiger partial charge in [-0.25, -0.2) is 0 Å². The molecule has 0 spiro atoms. The lowest BCUT2D eigenvalue weighted by molar-refractivity contribution is 0.913. The molecule has 0 atom stereocenters. The molecular formula is C12H21N. The summed E-state index contributed by atoms with van der Waals surface area (Å²) in [5.41, 5.74) is 2.72. The Balaban J connectivity index is 0.000000671. The first kappa shape index (κ1) is 12.0. The lowest BCUT2D eigenvalue weighted by atomic mass is 10.1. The molecule has 1 aliphatic heterocycles. The Morgan fingerprint density at radius 3 is 2.46 bits per heavy atom. The molecule has 1 nitrogen and oxygen atoms in total. The maximum absolute atomic E-state index is 3.32. The van der Waals surface area contributed by atoms with Gasteiger partial charge in [0.15, 0.2) is 0 Å². The Morgan fingerprint density at radius 1 is 1.23 bits per heavy atom. The predicted octanol–water partition coefficient (Wildman–Crippen LogP) is 3.41. The number of hydrogen-bond acceptors (Lipinski definition) is 1. The van der Waals surface area contributed by atoms with E-state index in [0.29, 0.717) is 0 Å². The van der Waals surface area contributed by atoms with Gasteiger partial charge in [-0.15, -0.1) is 0 Å². The maximum Gasteiger partial charge on any atom is 0.0330 e. The fourth-order valence-corrected chi connectivity index (χ4v) is 1.25. The van der Waals surface area contributed by atoms with E-state index >= 15 is 0 Å². The molecule has 1 N–H and O–H groups in total. The van der Waals surface area contributed by atoms with Crippen molar-refractivity contribution in [1.29, 1.82) is 0 Å². The third-order valence-electron chi connectivity index (χ3n) is 1.83. The van der Waals surface area contributed by atoms with Crippen LogP contribution >= 0.6 is 0 Å². The quantitative estimate of drug-likeness (QED) is 0.650. The van der Waals surface area contributed by atoms with E-state index in [1.165, 1.54) is 11.3 Å². The van der Waals surface area contributed by atoms with Crippen LogP contribution in [0.1, 0.15) is 34.1 Å². The highest BCUT2D eigenvalue weighted by atomic mass is 14.9. The summed E-state index contributed by atoms with van der Waals surface area (Å²) in [6.07, 6.45) is 9.60. The molecule has 0 unspecified atom stereocenters. The minimum Gasteiger partial charge on any atom is -0.385 e. The van der Waals surface area contributed by atoms with Gasteiger partial charge in [0.2, 0.25) is 0 Å². The van der Waals surface area contributed by atoms with Crippen LogP contribution in [-0.4, -0.2) is 6.54 Å². The fourth-order valence-electron chi connectivity index (χ4n) is 1.25. The number of hydrogen-bond donors (Lipinski definition) is 1. The largest absolute Gasteiger partial charge is 0.385 e. The van der Waals surface area contributed by atoms with Gasteiger partial charge in [-0.3, -0.25) is 0 Å². The molecule has 0 radical (unpaired) electrons. The number of nitrogens with one attached hydrogen (secondary N) is 1. The van der Waals surface area contributed by atoms with Gasteiger partial charge in [0.05, 0.1) is 0 Å². The predicted molar refractivity (Wildman–Crippen MR) is 60.6 cm³/mol. The fraction of sp³-hybridized carbons (Fsp3) is 0.500. The van der Waals surface area contributed by atoms with Crippen molar-refractivity contribution in [3.8, 4) is 0 Å². The van der Waals surface area contributed by atoms with Gasteiger partial charge in [0.1, 0.15) is 0 Å². The number of allylic oxidation sites excluding steroid dienone is 5. The molecule has 0 saturated carbocycles. The molecule has 1 rings (SSSR count). The van der Waals surface area contributed by atoms with Crippen LogP contribution in [0.25, 0.3) is 0 Å². The summed E-state index contributed by atoms with van der Waals surface area (Å²) < 4.78 is 0. The van der Waals surface area contributed by atoms with Crippen LogP contribution in [0.15, 0.2) is 35.6 Å². The molecule has 0 amide bonds. The first-order valence-corrected chi connectivity index (χ1v) is 5.11. The van der Waals surface area contributed by atoms with Crippen LogP contribution in [0.2, 0.25) is 0 Å². The highest BCUT2D eigenvalue weighted by Gasteiger charge is 2.09. The zero-order valence-electron chi connectivity index (χ0n) is 9.22. The second-order valence-electron chi connectivity index (χ2n) is 2.60. The minimum absolute atomic E-state index is 1.09. The van der Waals surface area contributed by atoms with Gasteiger partial charge >= 0.3 is 0 Å². The number of rotatable bonds is 1. The summed E-state index contributed by atoms with van der Waals surface area (Å²) in [4.78, 5) is 0. The van der Waals surface area contributed by atoms with Crippen molar-refractivity contribution in [1.82, 2.24) is 5.32 Å². The lowest BCUT2D eigenvalue weighted by Crippen LogP contribution is -2.02. The molecule has 1 saturated heterocycles. The molecule has 74 valence electrons. The van der Waals surface area contributed by atoms with Crippen LogP contribution in [0.3, 0.4) is 0 Å². The smallest absolute Gasteiger partial charge is 0.0330 e. The molecule has 0 bridgehead atoms. The summed E-state index contributed by atoms with van der Waals surface area (Å²) >= 11 is 0. The monoisotopic (exact) mass is 179 g/mol. The van der Waals surface area contributed by atoms with Crippen LogP contribution in [0.5, 0.6) is 0 Å². The second kappa shape index (κ2) is 7.66. The van der Waals surface area contributed by atoms with Crippen molar-refractivity contribution >= 4 is 0 Å². The van der Waals surface area contributed by atoms with Gasteiger partial charge in [-0.2, -0.15) is 0 Å². The third-order valence-corrected chi connectivity index (χ3v) is 1.83. The SMILES string of the molecule is CC.C\C=C/C=C1/CCN/C1=C/C. The van der Waals surface area contributed by atoms with Crippen molar-refractivity contribution < 1.29 is 0 Å². The third kappa shape index (κ3) is 3.97. The molecule has 1 heteroatoms. The Labute approximate surface area is 82.2 Å². The van der Waals surface area contributed by atoms with E-state index < -0.39 is 0 Å². The normalized spacial score (nSPS) is 21.8. The Morgan fingerprint density at radius 2 is 1.92 bits per heavy atom. The van der Waals surface area contributed by atoms with Crippen molar-refractivity contribution in [3.63, 3.8) is 0 Å². The molecule has 1 fully saturated rings. The topological polar surface area (TPSA) is 12.0 Å². The van der Waals surface area contributed by atoms with Gasteiger partial charge in [0, 0.05) is 12.2 Å². The average molecular weight is 179 g/mol. The average Bonchev–Trinajstić information content (AvgIpc) is 2.65. The molecule has 0 aromatic carbocycles. The highest BCUT2D eigenvalue weighted by Crippen LogP contribution is 2.17. The summed E-state index contributed by atoms with van der Waals surface area (Å²) in [7, 11) is 0. The minimum atomic E-state index is 1.09. The van der Waals surface area contributed by atoms with Gasteiger partial charge < -0.3 is 5.32 Å². The standard InChI is InChI=1S/C10H15N.C2H6/c1-3-5-6-9-7-8-11-10(9)4-2;1-2/h3-6,11H,7-8H2,1-2H3;1-2H3/b5-3-,9-6-,10-4+;. The van der Waals surface area contributed by atoms with E-state index in [4.69, 9.17) is 0 Å². The van der Waals surface area contributed by atoms with E-state index in [9.17, 15) is 0 Å². The van der Waals surface area contributed by atoms with Crippen molar-refractivity contribution in [2.75, 3.05) is 6.54 Å². The van der Waals surface area contributed by atoms with Crippen LogP contribution < -0.4 is 5.32 Å². The highest BCUT2D eigenvalue weighted by molar-refractivity contribution is 5.35. The zero-order valence-corrected chi connectivity index (χ0v) is 9.22. The second-order valence-corrected chi connectivity index (χ2v) is 2.60. The Bertz CT molecular complexity index is 209. The summed E-state index contributed by atoms with van der Waals surface area (Å²) in [6, 6.07) is 0. The zero-order chi connectivity index (χ0) is 10.1. The van der Waals surface area contributed by atoms with Gasteiger partial charge in [0.25, 0.3) is 0 Å². The van der Waals surface area contributed by atoms with E-state index in [1.807, 2.05) is 20.8 Å². The molecule has 0 aliphatic carbocycles. The van der Waals surface area contributed by atoms with Crippen molar-refractivity contribution in [3.05, 3.63) is 35.6 Å². The molecule has 1 aliphatic rings. The van der Waals surface area contributed by atoms with E-state index in [2.05, 4.69) is 36.5 Å². The van der Waals surface area contributed by atoms with Crippen molar-refractivity contribution in [2.24, 2.45) is 0 Å². The lowest BCUT2D eigenvalue weighted by Gasteiger charge is -1.96. The summed E-state index contributed by atoms with van der Waals surface area (Å²) in [5, 5.41) is 3.32. The Kier molecular flexibility index (Phi) is 7.08. The van der Waals surface area contributed by atoms with E-state index in [1.54, 1.807) is 0 Å².